The summed E-state index contributed by atoms with van der Waals surface area (Å²) in [5, 5.41) is 24.5. The lowest BCUT2D eigenvalue weighted by atomic mass is 10.1. The highest BCUT2D eigenvalue weighted by atomic mass is 35.5. The van der Waals surface area contributed by atoms with E-state index >= 15 is 0 Å². The third-order valence-corrected chi connectivity index (χ3v) is 6.38. The molecule has 1 saturated carbocycles. The van der Waals surface area contributed by atoms with Crippen molar-refractivity contribution in [3.8, 4) is 0 Å². The van der Waals surface area contributed by atoms with Gasteiger partial charge in [-0.05, 0) is 24.4 Å². The molecular formula is C18H26ClN6O7P. The number of aromatic nitrogens is 4. The quantitative estimate of drug-likeness (QED) is 0.330. The van der Waals surface area contributed by atoms with Crippen molar-refractivity contribution < 1.29 is 33.7 Å². The van der Waals surface area contributed by atoms with E-state index < -0.39 is 38.2 Å². The number of carbonyl (C=O) groups is 1. The van der Waals surface area contributed by atoms with Crippen molar-refractivity contribution in [1.29, 1.82) is 0 Å². The molecule has 1 aliphatic heterocycles. The highest BCUT2D eigenvalue weighted by Gasteiger charge is 2.45. The van der Waals surface area contributed by atoms with Gasteiger partial charge in [0.05, 0.1) is 12.9 Å². The average molecular weight is 505 g/mol. The molecule has 0 aromatic carbocycles. The fourth-order valence-corrected chi connectivity index (χ4v) is 4.70. The van der Waals surface area contributed by atoms with E-state index in [1.165, 1.54) is 17.9 Å². The summed E-state index contributed by atoms with van der Waals surface area (Å²) < 4.78 is 23.0. The number of fused-ring (bicyclic) bond motifs is 1. The first-order valence-electron chi connectivity index (χ1n) is 10.5. The third-order valence-electron chi connectivity index (χ3n) is 5.71. The number of aliphatic hydroxyl groups is 2. The maximum atomic E-state index is 12.0. The van der Waals surface area contributed by atoms with Gasteiger partial charge in [-0.3, -0.25) is 4.57 Å². The van der Waals surface area contributed by atoms with Crippen LogP contribution in [0.1, 0.15) is 31.9 Å². The summed E-state index contributed by atoms with van der Waals surface area (Å²) >= 11 is 6.14. The Bertz CT molecular complexity index is 1070. The number of aliphatic hydroxyl groups excluding tert-OH is 2. The number of rotatable bonds is 6. The number of likely N-dealkylation sites (N-methyl/N-ethyl adjacent to an activating group) is 1. The second kappa shape index (κ2) is 9.32. The molecule has 1 unspecified atom stereocenters. The Hall–Kier alpha value is -2.02. The van der Waals surface area contributed by atoms with Crippen LogP contribution in [0.3, 0.4) is 0 Å². The van der Waals surface area contributed by atoms with Crippen molar-refractivity contribution >= 4 is 42.3 Å². The zero-order valence-electron chi connectivity index (χ0n) is 18.0. The number of nitrogens with one attached hydrogen (secondary N) is 1. The summed E-state index contributed by atoms with van der Waals surface area (Å²) in [6, 6.07) is 0.261. The van der Waals surface area contributed by atoms with Crippen LogP contribution in [0.25, 0.3) is 11.2 Å². The lowest BCUT2D eigenvalue weighted by Gasteiger charge is -2.22. The molecule has 13 nitrogen and oxygen atoms in total. The van der Waals surface area contributed by atoms with Gasteiger partial charge in [0.15, 0.2) is 23.2 Å². The molecule has 1 saturated heterocycles. The van der Waals surface area contributed by atoms with Crippen LogP contribution in [0.2, 0.25) is 5.28 Å². The molecule has 33 heavy (non-hydrogen) atoms. The third kappa shape index (κ3) is 5.23. The van der Waals surface area contributed by atoms with Gasteiger partial charge in [0, 0.05) is 19.8 Å². The number of hydrogen-bond donors (Lipinski definition) is 4. The first kappa shape index (κ1) is 24.1. The van der Waals surface area contributed by atoms with E-state index in [9.17, 15) is 24.5 Å². The molecule has 2 aromatic heterocycles. The number of ether oxygens (including phenoxy) is 1. The van der Waals surface area contributed by atoms with Crippen molar-refractivity contribution in [1.82, 2.24) is 24.4 Å². The Morgan fingerprint density at radius 1 is 1.36 bits per heavy atom. The fraction of sp³-hybridized carbons (Fsp3) is 0.667. The predicted molar refractivity (Wildman–Crippen MR) is 117 cm³/mol. The summed E-state index contributed by atoms with van der Waals surface area (Å²) in [6.45, 7) is 0.677. The van der Waals surface area contributed by atoms with Crippen molar-refractivity contribution in [3.63, 3.8) is 0 Å². The molecule has 2 fully saturated rings. The van der Waals surface area contributed by atoms with Gasteiger partial charge in [0.1, 0.15) is 18.3 Å². The van der Waals surface area contributed by atoms with E-state index in [1.54, 1.807) is 0 Å². The number of halogens is 1. The molecule has 15 heteroatoms. The molecular weight excluding hydrogens is 479 g/mol. The van der Waals surface area contributed by atoms with E-state index in [0.717, 1.165) is 37.2 Å². The number of imidazole rings is 1. The lowest BCUT2D eigenvalue weighted by molar-refractivity contribution is -0.0405. The van der Waals surface area contributed by atoms with E-state index in [4.69, 9.17) is 16.3 Å². The van der Waals surface area contributed by atoms with Gasteiger partial charge in [0.25, 0.3) is 0 Å². The monoisotopic (exact) mass is 504 g/mol. The van der Waals surface area contributed by atoms with Crippen molar-refractivity contribution in [2.75, 3.05) is 25.6 Å². The molecule has 4 rings (SSSR count). The molecule has 5 atom stereocenters. The van der Waals surface area contributed by atoms with Gasteiger partial charge in [0.2, 0.25) is 5.28 Å². The molecule has 4 N–H and O–H groups in total. The number of anilines is 1. The maximum Gasteiger partial charge on any atom is 0.416 e. The molecule has 0 spiro atoms. The highest BCUT2D eigenvalue weighted by molar-refractivity contribution is 7.52. The minimum Gasteiger partial charge on any atom is -0.387 e. The largest absolute Gasteiger partial charge is 0.416 e. The van der Waals surface area contributed by atoms with Gasteiger partial charge in [-0.15, -0.1) is 0 Å². The van der Waals surface area contributed by atoms with Crippen LogP contribution in [0, 0.1) is 0 Å². The highest BCUT2D eigenvalue weighted by Crippen LogP contribution is 2.38. The van der Waals surface area contributed by atoms with Crippen LogP contribution in [0.4, 0.5) is 10.6 Å². The average Bonchev–Trinajstić information content (AvgIpc) is 3.43. The van der Waals surface area contributed by atoms with E-state index in [-0.39, 0.29) is 17.9 Å². The fourth-order valence-electron chi connectivity index (χ4n) is 4.11. The van der Waals surface area contributed by atoms with E-state index in [0.29, 0.717) is 17.0 Å². The first-order valence-corrected chi connectivity index (χ1v) is 12.9. The summed E-state index contributed by atoms with van der Waals surface area (Å²) in [4.78, 5) is 35.0. The lowest BCUT2D eigenvalue weighted by Crippen LogP contribution is -2.40. The van der Waals surface area contributed by atoms with Crippen LogP contribution < -0.4 is 5.32 Å². The summed E-state index contributed by atoms with van der Waals surface area (Å²) in [5.41, 5.74) is 0.759. The first-order chi connectivity index (χ1) is 15.5. The Labute approximate surface area is 194 Å². The van der Waals surface area contributed by atoms with Crippen LogP contribution in [-0.2, 0) is 13.8 Å². The molecule has 2 aliphatic rings. The molecule has 1 amide bonds. The van der Waals surface area contributed by atoms with Gasteiger partial charge in [-0.2, -0.15) is 9.97 Å². The normalized spacial score (nSPS) is 27.6. The molecule has 2 aromatic rings. The van der Waals surface area contributed by atoms with Gasteiger partial charge in [-0.1, -0.05) is 12.8 Å². The Balaban J connectivity index is 1.54. The number of hydrogen-bond acceptors (Lipinski definition) is 10. The summed E-state index contributed by atoms with van der Waals surface area (Å²) in [5.74, 6) is 0.482. The molecule has 3 heterocycles. The SMILES string of the molecule is CN(C[C@H]1O[C@@H](n2cnc3c(NC4CCCC4)nc(Cl)nc32)[C@H](O)[C@@H]1O)C(=O)OP(C)(=O)O. The van der Waals surface area contributed by atoms with Gasteiger partial charge in [-0.25, -0.2) is 14.3 Å². The zero-order chi connectivity index (χ0) is 23.9. The van der Waals surface area contributed by atoms with Crippen LogP contribution >= 0.6 is 19.2 Å². The van der Waals surface area contributed by atoms with Crippen LogP contribution in [0.5, 0.6) is 0 Å². The summed E-state index contributed by atoms with van der Waals surface area (Å²) in [7, 11) is -2.72. The van der Waals surface area contributed by atoms with E-state index in [2.05, 4.69) is 24.8 Å². The van der Waals surface area contributed by atoms with Gasteiger partial charge >= 0.3 is 13.7 Å². The van der Waals surface area contributed by atoms with Crippen molar-refractivity contribution in [3.05, 3.63) is 11.6 Å². The molecule has 182 valence electrons. The maximum absolute atomic E-state index is 12.0. The smallest absolute Gasteiger partial charge is 0.387 e. The Morgan fingerprint density at radius 2 is 2.06 bits per heavy atom. The number of amides is 1. The molecule has 0 radical (unpaired) electrons. The van der Waals surface area contributed by atoms with Crippen molar-refractivity contribution in [2.45, 2.75) is 56.3 Å². The number of nitrogens with zero attached hydrogens (tertiary/aromatic N) is 5. The standard InChI is InChI=1S/C18H26ClN6O7P/c1-24(18(28)32-33(2,29)30)7-10-12(26)13(27)16(31-10)25-8-20-11-14(21-9-5-3-4-6-9)22-17(19)23-15(11)25/h8-10,12-13,16,26-27H,3-7H2,1-2H3,(H,29,30)(H,21,22,23)/t10-,12-,13-,16-/m1/s1. The molecule has 1 aliphatic carbocycles. The Kier molecular flexibility index (Phi) is 6.81. The minimum absolute atomic E-state index is 0.00944. The summed E-state index contributed by atoms with van der Waals surface area (Å²) in [6.07, 6.45) is -0.169. The number of carbonyl (C=O) groups excluding carboxylic acids is 1. The topological polar surface area (TPSA) is 172 Å². The van der Waals surface area contributed by atoms with E-state index in [1.807, 2.05) is 0 Å². The second-order valence-electron chi connectivity index (χ2n) is 8.38. The predicted octanol–water partition coefficient (Wildman–Crippen LogP) is 1.34. The van der Waals surface area contributed by atoms with Crippen molar-refractivity contribution in [2.24, 2.45) is 0 Å². The molecule has 0 bridgehead atoms. The Morgan fingerprint density at radius 3 is 2.73 bits per heavy atom. The van der Waals surface area contributed by atoms with Crippen LogP contribution in [0.15, 0.2) is 6.33 Å². The van der Waals surface area contributed by atoms with Crippen LogP contribution in [-0.4, -0.2) is 90.2 Å². The second-order valence-corrected chi connectivity index (χ2v) is 10.5. The van der Waals surface area contributed by atoms with Gasteiger partial charge < -0.3 is 34.6 Å². The minimum atomic E-state index is -4.04. The zero-order valence-corrected chi connectivity index (χ0v) is 19.7.